The maximum atomic E-state index is 11.8. The van der Waals surface area contributed by atoms with E-state index in [9.17, 15) is 8.42 Å². The lowest BCUT2D eigenvalue weighted by atomic mass is 9.79. The summed E-state index contributed by atoms with van der Waals surface area (Å²) < 4.78 is 38.5. The summed E-state index contributed by atoms with van der Waals surface area (Å²) >= 11 is 0. The smallest absolute Gasteiger partial charge is 0.152 e. The molecule has 3 aromatic rings. The summed E-state index contributed by atoms with van der Waals surface area (Å²) in [6.45, 7) is 5.04. The van der Waals surface area contributed by atoms with Gasteiger partial charge in [0.15, 0.2) is 9.84 Å². The molecule has 5 heterocycles. The number of benzene rings is 1. The zero-order valence-corrected chi connectivity index (χ0v) is 23.3. The van der Waals surface area contributed by atoms with Crippen LogP contribution >= 0.6 is 0 Å². The summed E-state index contributed by atoms with van der Waals surface area (Å²) in [5.41, 5.74) is 9.19. The zero-order chi connectivity index (χ0) is 26.8. The van der Waals surface area contributed by atoms with Crippen molar-refractivity contribution in [3.63, 3.8) is 0 Å². The van der Waals surface area contributed by atoms with Gasteiger partial charge in [-0.15, -0.1) is 0 Å². The van der Waals surface area contributed by atoms with Crippen LogP contribution in [0.1, 0.15) is 51.5 Å². The molecule has 2 aromatic heterocycles. The van der Waals surface area contributed by atoms with E-state index in [-0.39, 0.29) is 22.7 Å². The predicted octanol–water partition coefficient (Wildman–Crippen LogP) is 3.84. The Kier molecular flexibility index (Phi) is 5.95. The Morgan fingerprint density at radius 3 is 2.62 bits per heavy atom. The first-order valence-corrected chi connectivity index (χ1v) is 16.0. The van der Waals surface area contributed by atoms with E-state index < -0.39 is 9.84 Å². The molecule has 2 bridgehead atoms. The molecule has 1 aliphatic carbocycles. The lowest BCUT2D eigenvalue weighted by Crippen LogP contribution is -2.44. The van der Waals surface area contributed by atoms with Gasteiger partial charge >= 0.3 is 0 Å². The molecule has 39 heavy (non-hydrogen) atoms. The van der Waals surface area contributed by atoms with E-state index >= 15 is 0 Å². The number of nitrogen functional groups attached to an aromatic ring is 1. The lowest BCUT2D eigenvalue weighted by molar-refractivity contribution is -0.0597. The third-order valence-electron chi connectivity index (χ3n) is 9.53. The lowest BCUT2D eigenvalue weighted by Gasteiger charge is -2.40. The number of rotatable bonds is 7. The van der Waals surface area contributed by atoms with Gasteiger partial charge in [0.25, 0.3) is 0 Å². The second kappa shape index (κ2) is 9.17. The molecule has 4 aliphatic rings. The Balaban J connectivity index is 1.08. The summed E-state index contributed by atoms with van der Waals surface area (Å²) in [5, 5.41) is 0.878. The van der Waals surface area contributed by atoms with Gasteiger partial charge in [0, 0.05) is 37.4 Å². The second-order valence-corrected chi connectivity index (χ2v) is 14.7. The minimum absolute atomic E-state index is 0.0273. The van der Waals surface area contributed by atoms with Crippen molar-refractivity contribution >= 4 is 26.7 Å². The quantitative estimate of drug-likeness (QED) is 0.471. The molecule has 0 spiro atoms. The van der Waals surface area contributed by atoms with E-state index in [0.717, 1.165) is 73.0 Å². The fourth-order valence-electron chi connectivity index (χ4n) is 7.08. The number of nitrogens with zero attached hydrogens (tertiary/aromatic N) is 4. The third kappa shape index (κ3) is 4.70. The van der Waals surface area contributed by atoms with Crippen LogP contribution in [0.3, 0.4) is 0 Å². The maximum absolute atomic E-state index is 11.8. The van der Waals surface area contributed by atoms with Gasteiger partial charge in [-0.25, -0.2) is 18.4 Å². The Labute approximate surface area is 229 Å². The molecule has 0 amide bonds. The van der Waals surface area contributed by atoms with Crippen LogP contribution in [0.25, 0.3) is 22.2 Å². The van der Waals surface area contributed by atoms with Crippen LogP contribution in [0.15, 0.2) is 36.8 Å². The average molecular weight is 552 g/mol. The van der Waals surface area contributed by atoms with E-state index in [1.807, 2.05) is 12.1 Å². The van der Waals surface area contributed by atoms with Crippen molar-refractivity contribution in [2.24, 2.45) is 5.92 Å². The monoisotopic (exact) mass is 551 g/mol. The first-order valence-electron chi connectivity index (χ1n) is 14.2. The van der Waals surface area contributed by atoms with Gasteiger partial charge in [0.2, 0.25) is 0 Å². The van der Waals surface area contributed by atoms with Crippen LogP contribution < -0.4 is 10.5 Å². The minimum Gasteiger partial charge on any atom is -0.491 e. The number of nitrogens with two attached hydrogens (primary N) is 1. The van der Waals surface area contributed by atoms with E-state index in [2.05, 4.69) is 44.7 Å². The molecule has 208 valence electrons. The molecule has 0 atom stereocenters. The molecule has 0 radical (unpaired) electrons. The molecule has 1 aromatic carbocycles. The van der Waals surface area contributed by atoms with E-state index in [1.54, 1.807) is 0 Å². The van der Waals surface area contributed by atoms with Crippen molar-refractivity contribution in [1.29, 1.82) is 0 Å². The fraction of sp³-hybridized carbons (Fsp3) is 0.586. The second-order valence-electron chi connectivity index (χ2n) is 12.4. The predicted molar refractivity (Wildman–Crippen MR) is 150 cm³/mol. The van der Waals surface area contributed by atoms with Crippen LogP contribution in [0, 0.1) is 5.92 Å². The Morgan fingerprint density at radius 2 is 1.90 bits per heavy atom. The van der Waals surface area contributed by atoms with Crippen molar-refractivity contribution in [3.8, 4) is 16.9 Å². The van der Waals surface area contributed by atoms with Crippen LogP contribution in [0.2, 0.25) is 0 Å². The summed E-state index contributed by atoms with van der Waals surface area (Å²) in [7, 11) is -2.85. The molecule has 7 rings (SSSR count). The molecule has 3 saturated heterocycles. The van der Waals surface area contributed by atoms with Crippen molar-refractivity contribution in [1.82, 2.24) is 19.4 Å². The fourth-order valence-corrected chi connectivity index (χ4v) is 8.36. The van der Waals surface area contributed by atoms with Crippen LogP contribution in [0.4, 0.5) is 5.82 Å². The zero-order valence-electron chi connectivity index (χ0n) is 22.5. The van der Waals surface area contributed by atoms with Gasteiger partial charge < -0.3 is 24.7 Å². The van der Waals surface area contributed by atoms with Crippen LogP contribution in [-0.2, 0) is 14.6 Å². The number of hydrogen-bond donors (Lipinski definition) is 1. The highest BCUT2D eigenvalue weighted by Crippen LogP contribution is 2.51. The van der Waals surface area contributed by atoms with Crippen molar-refractivity contribution in [2.45, 2.75) is 62.7 Å². The number of anilines is 1. The Morgan fingerprint density at radius 1 is 1.13 bits per heavy atom. The maximum Gasteiger partial charge on any atom is 0.152 e. The number of sulfone groups is 1. The normalized spacial score (nSPS) is 31.9. The van der Waals surface area contributed by atoms with Gasteiger partial charge in [0.1, 0.15) is 35.7 Å². The molecular formula is C29H37N5O4S. The minimum atomic E-state index is -2.85. The van der Waals surface area contributed by atoms with Crippen molar-refractivity contribution in [3.05, 3.63) is 36.8 Å². The highest BCUT2D eigenvalue weighted by atomic mass is 32.2. The highest BCUT2D eigenvalue weighted by molar-refractivity contribution is 7.91. The molecule has 9 nitrogen and oxygen atoms in total. The summed E-state index contributed by atoms with van der Waals surface area (Å²) in [4.78, 5) is 11.2. The molecule has 10 heteroatoms. The Bertz CT molecular complexity index is 1490. The average Bonchev–Trinajstić information content (AvgIpc) is 3.55. The van der Waals surface area contributed by atoms with E-state index in [0.29, 0.717) is 37.5 Å². The molecule has 4 fully saturated rings. The van der Waals surface area contributed by atoms with Gasteiger partial charge in [-0.3, -0.25) is 0 Å². The number of ether oxygens (including phenoxy) is 2. The van der Waals surface area contributed by atoms with Gasteiger partial charge in [-0.05, 0) is 69.1 Å². The third-order valence-corrected chi connectivity index (χ3v) is 11.1. The van der Waals surface area contributed by atoms with E-state index in [1.165, 1.54) is 6.33 Å². The van der Waals surface area contributed by atoms with Gasteiger partial charge in [-0.1, -0.05) is 12.1 Å². The largest absolute Gasteiger partial charge is 0.491 e. The number of aromatic nitrogens is 3. The standard InChI is InChI=1S/C29H37N5O4S/c1-28-5-7-29(38-28,8-6-28)18-37-23-4-2-3-21(15-23)24-17-34(27-25(24)26(30)31-19-32-27)22-13-20(14-22)16-33-9-11-39(35,36)12-10-33/h2-4,15,17,19-20,22H,5-14,16,18H2,1H3,(H2,30,31,32)/t20-,22+,28?,29?. The molecule has 0 unspecified atom stereocenters. The molecule has 1 saturated carbocycles. The molecular weight excluding hydrogens is 514 g/mol. The SMILES string of the molecule is CC12CCC(COc3cccc(-c4cn([C@H]5C[C@@H](CN6CCS(=O)(=O)CC6)C5)c5ncnc(N)c45)c3)(CC1)O2. The number of hydrogen-bond acceptors (Lipinski definition) is 8. The highest BCUT2D eigenvalue weighted by Gasteiger charge is 2.53. The topological polar surface area (TPSA) is 113 Å². The summed E-state index contributed by atoms with van der Waals surface area (Å²) in [5.74, 6) is 2.42. The van der Waals surface area contributed by atoms with Crippen molar-refractivity contribution < 1.29 is 17.9 Å². The summed E-state index contributed by atoms with van der Waals surface area (Å²) in [6.07, 6.45) is 10.1. The van der Waals surface area contributed by atoms with Crippen LogP contribution in [-0.4, -0.2) is 76.8 Å². The van der Waals surface area contributed by atoms with Gasteiger partial charge in [-0.2, -0.15) is 0 Å². The molecule has 3 aliphatic heterocycles. The van der Waals surface area contributed by atoms with E-state index in [4.69, 9.17) is 15.2 Å². The summed E-state index contributed by atoms with van der Waals surface area (Å²) in [6, 6.07) is 8.54. The first-order chi connectivity index (χ1) is 18.7. The number of fused-ring (bicyclic) bond motifs is 3. The van der Waals surface area contributed by atoms with Crippen LogP contribution in [0.5, 0.6) is 5.75 Å². The first kappa shape index (κ1) is 25.3. The Hall–Kier alpha value is -2.69. The molecule has 2 N–H and O–H groups in total. The van der Waals surface area contributed by atoms with Crippen molar-refractivity contribution in [2.75, 3.05) is 43.5 Å². The van der Waals surface area contributed by atoms with Gasteiger partial charge in [0.05, 0.1) is 22.5 Å².